The van der Waals surface area contributed by atoms with Crippen molar-refractivity contribution < 1.29 is 4.74 Å². The average Bonchev–Trinajstić information content (AvgIpc) is 2.53. The van der Waals surface area contributed by atoms with Gasteiger partial charge < -0.3 is 10.5 Å². The van der Waals surface area contributed by atoms with Crippen molar-refractivity contribution in [1.29, 1.82) is 0 Å². The number of nitrogens with zero attached hydrogens (tertiary/aromatic N) is 1. The third-order valence-electron chi connectivity index (χ3n) is 3.42. The Morgan fingerprint density at radius 1 is 1.19 bits per heavy atom. The number of hydrogen-bond donors (Lipinski definition) is 3. The number of rotatable bonds is 7. The topological polar surface area (TPSA) is 86.2 Å². The highest BCUT2D eigenvalue weighted by molar-refractivity contribution is 5.39. The van der Waals surface area contributed by atoms with Gasteiger partial charge in [-0.3, -0.25) is 11.3 Å². The largest absolute Gasteiger partial charge is 0.383 e. The molecule has 2 atom stereocenters. The van der Waals surface area contributed by atoms with Crippen LogP contribution in [0.15, 0.2) is 48.7 Å². The van der Waals surface area contributed by atoms with Gasteiger partial charge in [0.25, 0.3) is 0 Å². The van der Waals surface area contributed by atoms with Crippen molar-refractivity contribution in [1.82, 2.24) is 10.4 Å². The Morgan fingerprint density at radius 3 is 2.57 bits per heavy atom. The minimum Gasteiger partial charge on any atom is -0.383 e. The fourth-order valence-electron chi connectivity index (χ4n) is 2.38. The molecule has 0 saturated carbocycles. The highest BCUT2D eigenvalue weighted by Gasteiger charge is 2.23. The van der Waals surface area contributed by atoms with Gasteiger partial charge in [-0.2, -0.15) is 0 Å². The molecule has 0 fully saturated rings. The molecule has 5 nitrogen and oxygen atoms in total. The molecule has 1 aromatic carbocycles. The molecule has 112 valence electrons. The lowest BCUT2D eigenvalue weighted by Gasteiger charge is -2.27. The summed E-state index contributed by atoms with van der Waals surface area (Å²) in [4.78, 5) is 4.11. The molecule has 0 bridgehead atoms. The number of pyridine rings is 1. The molecule has 21 heavy (non-hydrogen) atoms. The summed E-state index contributed by atoms with van der Waals surface area (Å²) in [5, 5.41) is 0. The maximum Gasteiger partial charge on any atom is 0.126 e. The third-order valence-corrected chi connectivity index (χ3v) is 3.42. The zero-order valence-corrected chi connectivity index (χ0v) is 12.2. The van der Waals surface area contributed by atoms with Crippen LogP contribution in [0.1, 0.15) is 24.2 Å². The number of aromatic nitrogens is 1. The monoisotopic (exact) mass is 286 g/mol. The summed E-state index contributed by atoms with van der Waals surface area (Å²) in [6.45, 7) is 2.59. The SMILES string of the molecule is CCOC(c1ccccc1)C(Cc1cccnc1N)NN. The van der Waals surface area contributed by atoms with E-state index < -0.39 is 0 Å². The van der Waals surface area contributed by atoms with Crippen molar-refractivity contribution in [2.75, 3.05) is 12.3 Å². The maximum atomic E-state index is 5.92. The quantitative estimate of drug-likeness (QED) is 0.534. The highest BCUT2D eigenvalue weighted by atomic mass is 16.5. The zero-order valence-electron chi connectivity index (χ0n) is 12.2. The van der Waals surface area contributed by atoms with Gasteiger partial charge in [0.1, 0.15) is 5.82 Å². The molecule has 2 aromatic rings. The first-order valence-corrected chi connectivity index (χ1v) is 7.08. The van der Waals surface area contributed by atoms with E-state index in [2.05, 4.69) is 10.4 Å². The number of benzene rings is 1. The predicted molar refractivity (Wildman–Crippen MR) is 84.3 cm³/mol. The molecule has 0 saturated heterocycles. The lowest BCUT2D eigenvalue weighted by molar-refractivity contribution is 0.0332. The average molecular weight is 286 g/mol. The molecule has 0 amide bonds. The predicted octanol–water partition coefficient (Wildman–Crippen LogP) is 1.82. The van der Waals surface area contributed by atoms with E-state index in [1.807, 2.05) is 49.4 Å². The third kappa shape index (κ3) is 4.01. The Hall–Kier alpha value is -1.95. The van der Waals surface area contributed by atoms with Crippen molar-refractivity contribution in [2.24, 2.45) is 5.84 Å². The molecule has 1 heterocycles. The molecule has 0 aliphatic carbocycles. The van der Waals surface area contributed by atoms with Crippen LogP contribution in [0, 0.1) is 0 Å². The number of ether oxygens (including phenoxy) is 1. The minimum atomic E-state index is -0.138. The van der Waals surface area contributed by atoms with Crippen LogP contribution in [0.2, 0.25) is 0 Å². The molecule has 2 rings (SSSR count). The summed E-state index contributed by atoms with van der Waals surface area (Å²) in [5.41, 5.74) is 10.8. The van der Waals surface area contributed by atoms with Crippen molar-refractivity contribution >= 4 is 5.82 Å². The van der Waals surface area contributed by atoms with Crippen LogP contribution in [0.25, 0.3) is 0 Å². The summed E-state index contributed by atoms with van der Waals surface area (Å²) >= 11 is 0. The zero-order chi connectivity index (χ0) is 15.1. The fraction of sp³-hybridized carbons (Fsp3) is 0.312. The van der Waals surface area contributed by atoms with Crippen LogP contribution in [0.4, 0.5) is 5.82 Å². The second-order valence-electron chi connectivity index (χ2n) is 4.81. The van der Waals surface area contributed by atoms with Gasteiger partial charge in [-0.05, 0) is 30.5 Å². The van der Waals surface area contributed by atoms with Gasteiger partial charge in [0.2, 0.25) is 0 Å². The van der Waals surface area contributed by atoms with Gasteiger partial charge in [-0.15, -0.1) is 0 Å². The number of nitrogens with two attached hydrogens (primary N) is 2. The first-order chi connectivity index (χ1) is 10.3. The number of nitrogen functional groups attached to an aromatic ring is 1. The van der Waals surface area contributed by atoms with E-state index in [4.69, 9.17) is 16.3 Å². The Morgan fingerprint density at radius 2 is 1.95 bits per heavy atom. The van der Waals surface area contributed by atoms with Gasteiger partial charge in [0, 0.05) is 12.8 Å². The number of hydrazine groups is 1. The Kier molecular flexibility index (Phi) is 5.68. The molecular formula is C16H22N4O. The molecule has 5 N–H and O–H groups in total. The number of anilines is 1. The minimum absolute atomic E-state index is 0.0844. The summed E-state index contributed by atoms with van der Waals surface area (Å²) in [6, 6.07) is 13.8. The van der Waals surface area contributed by atoms with E-state index in [1.54, 1.807) is 6.20 Å². The van der Waals surface area contributed by atoms with Crippen molar-refractivity contribution in [3.05, 3.63) is 59.8 Å². The van der Waals surface area contributed by atoms with E-state index in [9.17, 15) is 0 Å². The van der Waals surface area contributed by atoms with Crippen molar-refractivity contribution in [2.45, 2.75) is 25.5 Å². The van der Waals surface area contributed by atoms with Crippen molar-refractivity contribution in [3.8, 4) is 0 Å². The van der Waals surface area contributed by atoms with Gasteiger partial charge in [0.15, 0.2) is 0 Å². The smallest absolute Gasteiger partial charge is 0.126 e. The Labute approximate surface area is 125 Å². The van der Waals surface area contributed by atoms with Gasteiger partial charge in [-0.1, -0.05) is 36.4 Å². The lowest BCUT2D eigenvalue weighted by Crippen LogP contribution is -2.42. The molecule has 2 unspecified atom stereocenters. The summed E-state index contributed by atoms with van der Waals surface area (Å²) in [7, 11) is 0. The standard InChI is InChI=1S/C16H22N4O/c1-2-21-15(12-7-4-3-5-8-12)14(20-18)11-13-9-6-10-19-16(13)17/h3-10,14-15,20H,2,11,18H2,1H3,(H2,17,19). The van der Waals surface area contributed by atoms with E-state index in [-0.39, 0.29) is 12.1 Å². The number of nitrogens with one attached hydrogen (secondary N) is 1. The number of hydrogen-bond acceptors (Lipinski definition) is 5. The van der Waals surface area contributed by atoms with Crippen LogP contribution in [0.3, 0.4) is 0 Å². The van der Waals surface area contributed by atoms with Crippen molar-refractivity contribution in [3.63, 3.8) is 0 Å². The highest BCUT2D eigenvalue weighted by Crippen LogP contribution is 2.24. The lowest BCUT2D eigenvalue weighted by atomic mass is 9.96. The van der Waals surface area contributed by atoms with Gasteiger partial charge in [-0.25, -0.2) is 4.98 Å². The second-order valence-corrected chi connectivity index (χ2v) is 4.81. The normalized spacial score (nSPS) is 13.8. The molecule has 0 aliphatic heterocycles. The van der Waals surface area contributed by atoms with Crippen LogP contribution < -0.4 is 17.0 Å². The van der Waals surface area contributed by atoms with E-state index in [1.165, 1.54) is 0 Å². The first kappa shape index (κ1) is 15.4. The molecule has 5 heteroatoms. The molecule has 0 spiro atoms. The summed E-state index contributed by atoms with van der Waals surface area (Å²) < 4.78 is 5.89. The van der Waals surface area contributed by atoms with E-state index >= 15 is 0 Å². The summed E-state index contributed by atoms with van der Waals surface area (Å²) in [6.07, 6.45) is 2.19. The molecule has 0 aliphatic rings. The van der Waals surface area contributed by atoms with Crippen LogP contribution >= 0.6 is 0 Å². The summed E-state index contributed by atoms with van der Waals surface area (Å²) in [5.74, 6) is 6.28. The Balaban J connectivity index is 2.22. The van der Waals surface area contributed by atoms with Gasteiger partial charge >= 0.3 is 0 Å². The fourth-order valence-corrected chi connectivity index (χ4v) is 2.38. The molecular weight excluding hydrogens is 264 g/mol. The second kappa shape index (κ2) is 7.73. The van der Waals surface area contributed by atoms with Crippen LogP contribution in [-0.2, 0) is 11.2 Å². The Bertz CT molecular complexity index is 547. The maximum absolute atomic E-state index is 5.92. The molecule has 1 aromatic heterocycles. The van der Waals surface area contributed by atoms with E-state index in [0.717, 1.165) is 11.1 Å². The van der Waals surface area contributed by atoms with E-state index in [0.29, 0.717) is 18.8 Å². The van der Waals surface area contributed by atoms with Crippen LogP contribution in [-0.4, -0.2) is 17.6 Å². The van der Waals surface area contributed by atoms with Crippen LogP contribution in [0.5, 0.6) is 0 Å². The first-order valence-electron chi connectivity index (χ1n) is 7.08. The molecule has 0 radical (unpaired) electrons. The van der Waals surface area contributed by atoms with Gasteiger partial charge in [0.05, 0.1) is 12.1 Å².